The van der Waals surface area contributed by atoms with Crippen LogP contribution in [0.5, 0.6) is 0 Å². The highest BCUT2D eigenvalue weighted by Crippen LogP contribution is 2.33. The summed E-state index contributed by atoms with van der Waals surface area (Å²) in [7, 11) is 0. The van der Waals surface area contributed by atoms with E-state index in [1.54, 1.807) is 18.2 Å². The van der Waals surface area contributed by atoms with Crippen molar-refractivity contribution in [2.24, 2.45) is 0 Å². The molecule has 7 nitrogen and oxygen atoms in total. The van der Waals surface area contributed by atoms with Crippen LogP contribution in [0, 0.1) is 15.9 Å². The van der Waals surface area contributed by atoms with E-state index < -0.39 is 58.4 Å². The van der Waals surface area contributed by atoms with E-state index in [0.717, 1.165) is 0 Å². The zero-order valence-corrected chi connectivity index (χ0v) is 16.2. The summed E-state index contributed by atoms with van der Waals surface area (Å²) in [6.45, 7) is 0.530. The van der Waals surface area contributed by atoms with Crippen molar-refractivity contribution in [2.75, 3.05) is 13.2 Å². The van der Waals surface area contributed by atoms with Gasteiger partial charge in [-0.05, 0) is 30.7 Å². The highest BCUT2D eigenvalue weighted by atomic mass is 19.4. The summed E-state index contributed by atoms with van der Waals surface area (Å²) < 4.78 is 58.0. The molecule has 2 aromatic rings. The van der Waals surface area contributed by atoms with Crippen molar-refractivity contribution in [1.29, 1.82) is 0 Å². The molecule has 0 radical (unpaired) electrons. The number of amides is 1. The van der Waals surface area contributed by atoms with Gasteiger partial charge in [-0.3, -0.25) is 14.9 Å². The second-order valence-electron chi connectivity index (χ2n) is 6.42. The molecular weight excluding hydrogens is 424 g/mol. The fraction of sp³-hybridized carbons (Fsp3) is 0.300. The number of nitrogens with zero attached hydrogens (tertiary/aromatic N) is 1. The van der Waals surface area contributed by atoms with Crippen LogP contribution in [0.3, 0.4) is 0 Å². The Hall–Kier alpha value is -3.50. The minimum atomic E-state index is -5.05. The lowest BCUT2D eigenvalue weighted by atomic mass is 9.90. The Morgan fingerprint density at radius 2 is 1.81 bits per heavy atom. The maximum Gasteiger partial charge on any atom is 0.417 e. The zero-order chi connectivity index (χ0) is 23.2. The highest BCUT2D eigenvalue weighted by Gasteiger charge is 2.39. The van der Waals surface area contributed by atoms with Crippen LogP contribution in [0.25, 0.3) is 0 Å². The van der Waals surface area contributed by atoms with E-state index in [-0.39, 0.29) is 12.7 Å². The number of hydrogen-bond donors (Lipinski definition) is 1. The molecule has 31 heavy (non-hydrogen) atoms. The second kappa shape index (κ2) is 10.0. The summed E-state index contributed by atoms with van der Waals surface area (Å²) in [4.78, 5) is 35.6. The monoisotopic (exact) mass is 442 g/mol. The standard InChI is InChI=1S/C20H18F4N2O5/c1-2-31-19(28)17(15(11-26(29)30)12-6-4-3-5-7-12)25-18(27)14-9-8-13(21)10-16(14)20(22,23)24/h3-10,15,17H,2,11H2,1H3,(H,25,27)/t15-,17+/m1/s1. The van der Waals surface area contributed by atoms with Crippen molar-refractivity contribution in [3.63, 3.8) is 0 Å². The number of nitro groups is 1. The highest BCUT2D eigenvalue weighted by molar-refractivity contribution is 5.98. The summed E-state index contributed by atoms with van der Waals surface area (Å²) >= 11 is 0. The number of halogens is 4. The van der Waals surface area contributed by atoms with E-state index >= 15 is 0 Å². The molecule has 1 amide bonds. The molecule has 0 aliphatic heterocycles. The van der Waals surface area contributed by atoms with Crippen molar-refractivity contribution in [2.45, 2.75) is 25.1 Å². The Morgan fingerprint density at radius 3 is 2.35 bits per heavy atom. The SMILES string of the molecule is CCOC(=O)[C@@H](NC(=O)c1ccc(F)cc1C(F)(F)F)[C@H](C[N+](=O)[O-])c1ccccc1. The van der Waals surface area contributed by atoms with Gasteiger partial charge in [-0.1, -0.05) is 30.3 Å². The molecule has 0 saturated carbocycles. The fourth-order valence-electron chi connectivity index (χ4n) is 2.99. The minimum absolute atomic E-state index is 0.129. The molecule has 0 aromatic heterocycles. The van der Waals surface area contributed by atoms with Gasteiger partial charge in [0.1, 0.15) is 11.9 Å². The third kappa shape index (κ3) is 6.24. The van der Waals surface area contributed by atoms with Gasteiger partial charge < -0.3 is 10.1 Å². The van der Waals surface area contributed by atoms with E-state index in [1.807, 2.05) is 0 Å². The quantitative estimate of drug-likeness (QED) is 0.292. The number of carbonyl (C=O) groups excluding carboxylic acids is 2. The van der Waals surface area contributed by atoms with Crippen molar-refractivity contribution < 1.29 is 36.8 Å². The molecule has 0 aliphatic rings. The Kier molecular flexibility index (Phi) is 7.67. The smallest absolute Gasteiger partial charge is 0.417 e. The molecule has 2 atom stereocenters. The summed E-state index contributed by atoms with van der Waals surface area (Å²) in [6.07, 6.45) is -5.05. The number of ether oxygens (including phenoxy) is 1. The van der Waals surface area contributed by atoms with Gasteiger partial charge >= 0.3 is 12.1 Å². The van der Waals surface area contributed by atoms with Crippen LogP contribution in [0.4, 0.5) is 17.6 Å². The third-order valence-corrected chi connectivity index (χ3v) is 4.33. The van der Waals surface area contributed by atoms with Gasteiger partial charge in [0, 0.05) is 4.92 Å². The van der Waals surface area contributed by atoms with E-state index in [2.05, 4.69) is 5.32 Å². The number of nitrogens with one attached hydrogen (secondary N) is 1. The van der Waals surface area contributed by atoms with Crippen molar-refractivity contribution >= 4 is 11.9 Å². The minimum Gasteiger partial charge on any atom is -0.464 e. The molecule has 0 bridgehead atoms. The van der Waals surface area contributed by atoms with Gasteiger partial charge in [0.2, 0.25) is 6.54 Å². The van der Waals surface area contributed by atoms with Crippen LogP contribution in [0.1, 0.15) is 34.3 Å². The number of hydrogen-bond acceptors (Lipinski definition) is 5. The van der Waals surface area contributed by atoms with Crippen LogP contribution in [-0.2, 0) is 15.7 Å². The van der Waals surface area contributed by atoms with Crippen molar-refractivity contribution in [3.05, 3.63) is 81.2 Å². The van der Waals surface area contributed by atoms with E-state index in [9.17, 15) is 37.3 Å². The van der Waals surface area contributed by atoms with Crippen molar-refractivity contribution in [1.82, 2.24) is 5.32 Å². The van der Waals surface area contributed by atoms with Crippen LogP contribution < -0.4 is 5.32 Å². The zero-order valence-electron chi connectivity index (χ0n) is 16.2. The first-order valence-electron chi connectivity index (χ1n) is 9.05. The van der Waals surface area contributed by atoms with E-state index in [0.29, 0.717) is 17.7 Å². The summed E-state index contributed by atoms with van der Waals surface area (Å²) in [5, 5.41) is 13.3. The summed E-state index contributed by atoms with van der Waals surface area (Å²) in [5.74, 6) is -4.84. The number of carbonyl (C=O) groups is 2. The lowest BCUT2D eigenvalue weighted by molar-refractivity contribution is -0.483. The number of alkyl halides is 3. The Balaban J connectivity index is 2.49. The first-order valence-corrected chi connectivity index (χ1v) is 9.05. The predicted octanol–water partition coefficient (Wildman–Crippen LogP) is 3.57. The average molecular weight is 442 g/mol. The first-order chi connectivity index (χ1) is 14.5. The van der Waals surface area contributed by atoms with E-state index in [4.69, 9.17) is 4.74 Å². The summed E-state index contributed by atoms with van der Waals surface area (Å²) in [6, 6.07) is 7.46. The first kappa shape index (κ1) is 23.8. The lowest BCUT2D eigenvalue weighted by Gasteiger charge is -2.25. The molecule has 0 aliphatic carbocycles. The maximum atomic E-state index is 13.3. The third-order valence-electron chi connectivity index (χ3n) is 4.33. The topological polar surface area (TPSA) is 98.5 Å². The molecule has 1 N–H and O–H groups in total. The van der Waals surface area contributed by atoms with Crippen LogP contribution >= 0.6 is 0 Å². The van der Waals surface area contributed by atoms with Gasteiger partial charge in [-0.2, -0.15) is 13.2 Å². The Labute approximate surface area is 174 Å². The number of rotatable bonds is 8. The van der Waals surface area contributed by atoms with Crippen LogP contribution in [-0.4, -0.2) is 36.0 Å². The number of benzene rings is 2. The summed E-state index contributed by atoms with van der Waals surface area (Å²) in [5.41, 5.74) is -2.18. The number of esters is 1. The lowest BCUT2D eigenvalue weighted by Crippen LogP contribution is -2.48. The Morgan fingerprint density at radius 1 is 1.16 bits per heavy atom. The molecule has 0 saturated heterocycles. The molecule has 0 heterocycles. The fourth-order valence-corrected chi connectivity index (χ4v) is 2.99. The van der Waals surface area contributed by atoms with Gasteiger partial charge in [0.15, 0.2) is 0 Å². The molecule has 166 valence electrons. The largest absolute Gasteiger partial charge is 0.464 e. The van der Waals surface area contributed by atoms with Crippen LogP contribution in [0.2, 0.25) is 0 Å². The van der Waals surface area contributed by atoms with Crippen molar-refractivity contribution in [3.8, 4) is 0 Å². The molecule has 2 rings (SSSR count). The predicted molar refractivity (Wildman–Crippen MR) is 100 cm³/mol. The molecule has 0 unspecified atom stereocenters. The molecule has 0 spiro atoms. The maximum absolute atomic E-state index is 13.3. The van der Waals surface area contributed by atoms with E-state index in [1.165, 1.54) is 19.1 Å². The van der Waals surface area contributed by atoms with Gasteiger partial charge in [0.05, 0.1) is 23.7 Å². The Bertz CT molecular complexity index is 950. The van der Waals surface area contributed by atoms with Gasteiger partial charge in [0.25, 0.3) is 5.91 Å². The molecule has 0 fully saturated rings. The van der Waals surface area contributed by atoms with Gasteiger partial charge in [-0.25, -0.2) is 9.18 Å². The second-order valence-corrected chi connectivity index (χ2v) is 6.42. The van der Waals surface area contributed by atoms with Crippen LogP contribution in [0.15, 0.2) is 48.5 Å². The molecule has 11 heteroatoms. The average Bonchev–Trinajstić information content (AvgIpc) is 2.70. The van der Waals surface area contributed by atoms with Gasteiger partial charge in [-0.15, -0.1) is 0 Å². The molecule has 2 aromatic carbocycles. The molecular formula is C20H18F4N2O5. The normalized spacial score (nSPS) is 13.2.